The molecule has 100 valence electrons. The van der Waals surface area contributed by atoms with Crippen LogP contribution in [0.3, 0.4) is 0 Å². The van der Waals surface area contributed by atoms with Crippen LogP contribution in [0.5, 0.6) is 0 Å². The number of rotatable bonds is 6. The van der Waals surface area contributed by atoms with Crippen molar-refractivity contribution in [1.29, 1.82) is 0 Å². The molecule has 1 aromatic heterocycles. The van der Waals surface area contributed by atoms with Crippen LogP contribution in [-0.2, 0) is 14.7 Å². The molecule has 0 aliphatic rings. The van der Waals surface area contributed by atoms with Crippen LogP contribution in [0.2, 0.25) is 0 Å². The SMILES string of the molecule is CON=Cc1cnc(S(=O)(=O)CCC=C(F)F)s1. The lowest BCUT2D eigenvalue weighted by Gasteiger charge is -1.96. The van der Waals surface area contributed by atoms with Crippen LogP contribution in [0.4, 0.5) is 8.78 Å². The molecular weight excluding hydrogens is 286 g/mol. The number of oxime groups is 1. The quantitative estimate of drug-likeness (QED) is 0.595. The molecule has 1 heterocycles. The summed E-state index contributed by atoms with van der Waals surface area (Å²) in [5, 5.41) is 3.46. The number of aromatic nitrogens is 1. The molecule has 0 atom stereocenters. The summed E-state index contributed by atoms with van der Waals surface area (Å²) in [6.45, 7) is 0. The zero-order chi connectivity index (χ0) is 13.6. The fraction of sp³-hybridized carbons (Fsp3) is 0.333. The van der Waals surface area contributed by atoms with Gasteiger partial charge in [-0.3, -0.25) is 0 Å². The predicted octanol–water partition coefficient (Wildman–Crippen LogP) is 2.07. The first-order valence-electron chi connectivity index (χ1n) is 4.72. The highest BCUT2D eigenvalue weighted by atomic mass is 32.2. The van der Waals surface area contributed by atoms with Gasteiger partial charge in [-0.1, -0.05) is 5.16 Å². The second kappa shape index (κ2) is 6.55. The van der Waals surface area contributed by atoms with E-state index in [2.05, 4.69) is 15.0 Å². The van der Waals surface area contributed by atoms with Crippen molar-refractivity contribution in [2.24, 2.45) is 5.16 Å². The number of halogens is 2. The molecule has 0 amide bonds. The third-order valence-corrected chi connectivity index (χ3v) is 4.89. The van der Waals surface area contributed by atoms with Gasteiger partial charge in [0.25, 0.3) is 6.08 Å². The number of thiazole rings is 1. The molecule has 18 heavy (non-hydrogen) atoms. The van der Waals surface area contributed by atoms with Crippen molar-refractivity contribution in [2.45, 2.75) is 10.8 Å². The summed E-state index contributed by atoms with van der Waals surface area (Å²) >= 11 is 0.902. The average molecular weight is 296 g/mol. The van der Waals surface area contributed by atoms with Crippen molar-refractivity contribution < 1.29 is 22.0 Å². The summed E-state index contributed by atoms with van der Waals surface area (Å²) in [5.74, 6) is -0.404. The Labute approximate surface area is 107 Å². The van der Waals surface area contributed by atoms with Crippen LogP contribution in [0.1, 0.15) is 11.3 Å². The molecule has 0 spiro atoms. The number of sulfone groups is 1. The lowest BCUT2D eigenvalue weighted by atomic mass is 10.5. The van der Waals surface area contributed by atoms with Gasteiger partial charge in [0.1, 0.15) is 7.11 Å². The molecule has 0 N–H and O–H groups in total. The fourth-order valence-electron chi connectivity index (χ4n) is 0.988. The lowest BCUT2D eigenvalue weighted by molar-refractivity contribution is 0.215. The molecule has 0 radical (unpaired) electrons. The van der Waals surface area contributed by atoms with E-state index in [1.807, 2.05) is 0 Å². The molecular formula is C9H10F2N2O3S2. The number of nitrogens with zero attached hydrogens (tertiary/aromatic N) is 2. The van der Waals surface area contributed by atoms with Gasteiger partial charge in [0, 0.05) is 6.20 Å². The second-order valence-corrected chi connectivity index (χ2v) is 6.39. The molecule has 1 rings (SSSR count). The first kappa shape index (κ1) is 14.7. The number of hydrogen-bond acceptors (Lipinski definition) is 6. The van der Waals surface area contributed by atoms with E-state index in [0.717, 1.165) is 11.3 Å². The largest absolute Gasteiger partial charge is 0.399 e. The Bertz CT molecular complexity index is 548. The molecule has 9 heteroatoms. The monoisotopic (exact) mass is 296 g/mol. The van der Waals surface area contributed by atoms with Gasteiger partial charge in [-0.15, -0.1) is 11.3 Å². The summed E-state index contributed by atoms with van der Waals surface area (Å²) in [6.07, 6.45) is 1.07. The minimum atomic E-state index is -3.63. The molecule has 0 fully saturated rings. The van der Waals surface area contributed by atoms with Crippen LogP contribution in [-0.4, -0.2) is 32.5 Å². The van der Waals surface area contributed by atoms with E-state index in [1.54, 1.807) is 0 Å². The van der Waals surface area contributed by atoms with Gasteiger partial charge in [-0.05, 0) is 12.5 Å². The van der Waals surface area contributed by atoms with Crippen LogP contribution >= 0.6 is 11.3 Å². The normalized spacial score (nSPS) is 11.7. The third-order valence-electron chi connectivity index (χ3n) is 1.74. The van der Waals surface area contributed by atoms with Gasteiger partial charge < -0.3 is 4.84 Å². The zero-order valence-corrected chi connectivity index (χ0v) is 11.0. The van der Waals surface area contributed by atoms with Gasteiger partial charge in [-0.25, -0.2) is 13.4 Å². The lowest BCUT2D eigenvalue weighted by Crippen LogP contribution is -2.05. The van der Waals surface area contributed by atoms with Gasteiger partial charge >= 0.3 is 0 Å². The summed E-state index contributed by atoms with van der Waals surface area (Å²) in [7, 11) is -2.28. The maximum absolute atomic E-state index is 11.8. The number of allylic oxidation sites excluding steroid dienone is 1. The standard InChI is InChI=1S/C9H10F2N2O3S2/c1-16-13-6-7-5-12-9(17-7)18(14,15)4-2-3-8(10)11/h3,5-6H,2,4H2,1H3. The highest BCUT2D eigenvalue weighted by molar-refractivity contribution is 7.93. The molecule has 0 aliphatic heterocycles. The summed E-state index contributed by atoms with van der Waals surface area (Å²) in [6, 6.07) is 0. The van der Waals surface area contributed by atoms with Crippen molar-refractivity contribution in [3.63, 3.8) is 0 Å². The van der Waals surface area contributed by atoms with E-state index in [4.69, 9.17) is 0 Å². The van der Waals surface area contributed by atoms with E-state index in [1.165, 1.54) is 19.5 Å². The summed E-state index contributed by atoms with van der Waals surface area (Å²) in [4.78, 5) is 8.66. The van der Waals surface area contributed by atoms with Gasteiger partial charge in [0.2, 0.25) is 14.2 Å². The fourth-order valence-corrected chi connectivity index (χ4v) is 3.36. The zero-order valence-electron chi connectivity index (χ0n) is 9.34. The molecule has 0 saturated heterocycles. The maximum Gasteiger partial charge on any atom is 0.266 e. The summed E-state index contributed by atoms with van der Waals surface area (Å²) < 4.78 is 46.8. The van der Waals surface area contributed by atoms with Crippen molar-refractivity contribution in [2.75, 3.05) is 12.9 Å². The smallest absolute Gasteiger partial charge is 0.266 e. The Balaban J connectivity index is 2.76. The van der Waals surface area contributed by atoms with E-state index in [0.29, 0.717) is 11.0 Å². The molecule has 0 bridgehead atoms. The van der Waals surface area contributed by atoms with Crippen molar-refractivity contribution >= 4 is 27.4 Å². The first-order valence-corrected chi connectivity index (χ1v) is 7.19. The van der Waals surface area contributed by atoms with Crippen molar-refractivity contribution in [1.82, 2.24) is 4.98 Å². The van der Waals surface area contributed by atoms with E-state index in [9.17, 15) is 17.2 Å². The van der Waals surface area contributed by atoms with Crippen LogP contribution < -0.4 is 0 Å². The van der Waals surface area contributed by atoms with Crippen molar-refractivity contribution in [3.8, 4) is 0 Å². The Morgan fingerprint density at radius 1 is 1.61 bits per heavy atom. The van der Waals surface area contributed by atoms with Crippen molar-refractivity contribution in [3.05, 3.63) is 23.2 Å². The van der Waals surface area contributed by atoms with Crippen LogP contribution in [0.15, 0.2) is 27.8 Å². The van der Waals surface area contributed by atoms with E-state index < -0.39 is 21.7 Å². The van der Waals surface area contributed by atoms with E-state index in [-0.39, 0.29) is 10.8 Å². The molecule has 0 aromatic carbocycles. The molecule has 1 aromatic rings. The first-order chi connectivity index (χ1) is 8.45. The van der Waals surface area contributed by atoms with Crippen LogP contribution in [0.25, 0.3) is 0 Å². The van der Waals surface area contributed by atoms with E-state index >= 15 is 0 Å². The second-order valence-electron chi connectivity index (χ2n) is 3.05. The Hall–Kier alpha value is -1.35. The molecule has 0 unspecified atom stereocenters. The van der Waals surface area contributed by atoms with Crippen LogP contribution in [0, 0.1) is 0 Å². The average Bonchev–Trinajstić information content (AvgIpc) is 2.74. The maximum atomic E-state index is 11.8. The van der Waals surface area contributed by atoms with Gasteiger partial charge in [-0.2, -0.15) is 8.78 Å². The number of hydrogen-bond donors (Lipinski definition) is 0. The third kappa shape index (κ3) is 4.49. The Morgan fingerprint density at radius 3 is 2.94 bits per heavy atom. The van der Waals surface area contributed by atoms with Gasteiger partial charge in [0.15, 0.2) is 0 Å². The topological polar surface area (TPSA) is 68.6 Å². The summed E-state index contributed by atoms with van der Waals surface area (Å²) in [5.41, 5.74) is 0. The predicted molar refractivity (Wildman–Crippen MR) is 63.7 cm³/mol. The minimum Gasteiger partial charge on any atom is -0.399 e. The highest BCUT2D eigenvalue weighted by Crippen LogP contribution is 2.19. The minimum absolute atomic E-state index is 0.118. The Morgan fingerprint density at radius 2 is 2.33 bits per heavy atom. The molecule has 0 saturated carbocycles. The molecule has 0 aliphatic carbocycles. The molecule has 5 nitrogen and oxygen atoms in total. The van der Waals surface area contributed by atoms with Gasteiger partial charge in [0.05, 0.1) is 16.8 Å². The Kier molecular flexibility index (Phi) is 5.35. The highest BCUT2D eigenvalue weighted by Gasteiger charge is 2.18.